The average Bonchev–Trinajstić information content (AvgIpc) is 2.84. The minimum atomic E-state index is -0.0635. The molecule has 1 unspecified atom stereocenters. The number of amides is 1. The number of ether oxygens (including phenoxy) is 2. The van der Waals surface area contributed by atoms with Crippen LogP contribution in [0.1, 0.15) is 33.1 Å². The summed E-state index contributed by atoms with van der Waals surface area (Å²) in [5.74, 6) is 0.770. The molecule has 1 amide bonds. The number of hydrogen-bond acceptors (Lipinski definition) is 4. The molecule has 5 nitrogen and oxygen atoms in total. The van der Waals surface area contributed by atoms with E-state index in [2.05, 4.69) is 41.4 Å². The van der Waals surface area contributed by atoms with Crippen LogP contribution in [0.2, 0.25) is 0 Å². The van der Waals surface area contributed by atoms with Gasteiger partial charge in [0.15, 0.2) is 0 Å². The molecule has 32 heavy (non-hydrogen) atoms. The lowest BCUT2D eigenvalue weighted by atomic mass is 10.0. The first kappa shape index (κ1) is 22.1. The highest BCUT2D eigenvalue weighted by atomic mass is 16.5. The van der Waals surface area contributed by atoms with E-state index < -0.39 is 0 Å². The van der Waals surface area contributed by atoms with Gasteiger partial charge in [-0.3, -0.25) is 9.69 Å². The van der Waals surface area contributed by atoms with Crippen LogP contribution >= 0.6 is 0 Å². The van der Waals surface area contributed by atoms with Crippen molar-refractivity contribution < 1.29 is 14.3 Å². The van der Waals surface area contributed by atoms with Crippen molar-refractivity contribution in [1.82, 2.24) is 10.2 Å². The first-order valence-electron chi connectivity index (χ1n) is 11.1. The lowest BCUT2D eigenvalue weighted by Gasteiger charge is -2.35. The molecule has 1 fully saturated rings. The Bertz CT molecular complexity index is 999. The molecule has 1 heterocycles. The number of nitrogens with zero attached hydrogens (tertiary/aromatic N) is 1. The van der Waals surface area contributed by atoms with Crippen LogP contribution in [0.15, 0.2) is 78.9 Å². The van der Waals surface area contributed by atoms with Crippen molar-refractivity contribution in [1.29, 1.82) is 0 Å². The molecule has 3 aromatic carbocycles. The van der Waals surface area contributed by atoms with Crippen LogP contribution < -0.4 is 10.1 Å². The third kappa shape index (κ3) is 5.96. The second kappa shape index (κ2) is 10.9. The molecule has 1 N–H and O–H groups in total. The molecule has 0 bridgehead atoms. The Morgan fingerprint density at radius 2 is 1.75 bits per heavy atom. The monoisotopic (exact) mass is 430 g/mol. The van der Waals surface area contributed by atoms with Gasteiger partial charge in [-0.15, -0.1) is 0 Å². The van der Waals surface area contributed by atoms with E-state index >= 15 is 0 Å². The predicted molar refractivity (Wildman–Crippen MR) is 126 cm³/mol. The maximum Gasteiger partial charge on any atom is 0.251 e. The lowest BCUT2D eigenvalue weighted by Crippen LogP contribution is -2.43. The van der Waals surface area contributed by atoms with Crippen molar-refractivity contribution in [3.05, 3.63) is 101 Å². The van der Waals surface area contributed by atoms with Crippen molar-refractivity contribution in [2.45, 2.75) is 19.6 Å². The zero-order chi connectivity index (χ0) is 22.2. The Hall–Kier alpha value is -3.15. The molecule has 0 aromatic heterocycles. The zero-order valence-electron chi connectivity index (χ0n) is 18.5. The van der Waals surface area contributed by atoms with Gasteiger partial charge in [0.2, 0.25) is 0 Å². The quantitative estimate of drug-likeness (QED) is 0.576. The summed E-state index contributed by atoms with van der Waals surface area (Å²) in [7, 11) is 0. The number of benzene rings is 3. The highest BCUT2D eigenvalue weighted by molar-refractivity contribution is 5.94. The lowest BCUT2D eigenvalue weighted by molar-refractivity contribution is 0.0162. The standard InChI is InChI=1S/C27H30N2O3/c1-21-6-5-7-24(18-21)26(29-14-16-31-17-15-29)19-28-27(30)23-12-10-22(11-13-23)20-32-25-8-3-2-4-9-25/h2-13,18,26H,14-17,19-20H2,1H3,(H,28,30). The van der Waals surface area contributed by atoms with Crippen molar-refractivity contribution in [2.24, 2.45) is 0 Å². The van der Waals surface area contributed by atoms with Gasteiger partial charge in [0.05, 0.1) is 19.3 Å². The molecule has 166 valence electrons. The van der Waals surface area contributed by atoms with E-state index in [0.717, 1.165) is 37.6 Å². The molecule has 0 aliphatic carbocycles. The number of rotatable bonds is 8. The van der Waals surface area contributed by atoms with Gasteiger partial charge in [-0.1, -0.05) is 60.2 Å². The average molecular weight is 431 g/mol. The third-order valence-corrected chi connectivity index (χ3v) is 5.73. The molecule has 0 spiro atoms. The number of para-hydroxylation sites is 1. The number of nitrogens with one attached hydrogen (secondary N) is 1. The molecule has 1 aliphatic heterocycles. The number of carbonyl (C=O) groups excluding carboxylic acids is 1. The van der Waals surface area contributed by atoms with E-state index in [9.17, 15) is 4.79 Å². The van der Waals surface area contributed by atoms with Crippen LogP contribution in [0.3, 0.4) is 0 Å². The molecule has 5 heteroatoms. The Labute approximate surface area is 190 Å². The van der Waals surface area contributed by atoms with Crippen LogP contribution in [0.25, 0.3) is 0 Å². The largest absolute Gasteiger partial charge is 0.489 e. The number of carbonyl (C=O) groups is 1. The number of aryl methyl sites for hydroxylation is 1. The molecule has 1 atom stereocenters. The summed E-state index contributed by atoms with van der Waals surface area (Å²) in [6.45, 7) is 6.31. The zero-order valence-corrected chi connectivity index (χ0v) is 18.5. The van der Waals surface area contributed by atoms with Crippen LogP contribution in [-0.2, 0) is 11.3 Å². The van der Waals surface area contributed by atoms with Crippen LogP contribution in [0, 0.1) is 6.92 Å². The van der Waals surface area contributed by atoms with Gasteiger partial charge in [-0.05, 0) is 42.3 Å². The van der Waals surface area contributed by atoms with Crippen LogP contribution in [0.5, 0.6) is 5.75 Å². The molecular formula is C27H30N2O3. The molecule has 0 radical (unpaired) electrons. The summed E-state index contributed by atoms with van der Waals surface area (Å²) in [4.78, 5) is 15.2. The topological polar surface area (TPSA) is 50.8 Å². The first-order chi connectivity index (χ1) is 15.7. The van der Waals surface area contributed by atoms with E-state index in [1.54, 1.807) is 0 Å². The van der Waals surface area contributed by atoms with Crippen LogP contribution in [0.4, 0.5) is 0 Å². The second-order valence-corrected chi connectivity index (χ2v) is 8.09. The van der Waals surface area contributed by atoms with Gasteiger partial charge >= 0.3 is 0 Å². The molecule has 4 rings (SSSR count). The Kier molecular flexibility index (Phi) is 7.54. The van der Waals surface area contributed by atoms with Gasteiger partial charge in [0, 0.05) is 25.2 Å². The van der Waals surface area contributed by atoms with Gasteiger partial charge in [-0.25, -0.2) is 0 Å². The van der Waals surface area contributed by atoms with Crippen molar-refractivity contribution in [3.63, 3.8) is 0 Å². The molecule has 3 aromatic rings. The fraction of sp³-hybridized carbons (Fsp3) is 0.296. The predicted octanol–water partition coefficient (Wildman–Crippen LogP) is 4.38. The third-order valence-electron chi connectivity index (χ3n) is 5.73. The van der Waals surface area contributed by atoms with E-state index in [4.69, 9.17) is 9.47 Å². The fourth-order valence-electron chi connectivity index (χ4n) is 3.95. The maximum absolute atomic E-state index is 12.8. The highest BCUT2D eigenvalue weighted by Crippen LogP contribution is 2.22. The maximum atomic E-state index is 12.8. The van der Waals surface area contributed by atoms with E-state index in [1.807, 2.05) is 54.6 Å². The van der Waals surface area contributed by atoms with Gasteiger partial charge in [0.1, 0.15) is 12.4 Å². The van der Waals surface area contributed by atoms with Crippen molar-refractivity contribution >= 4 is 5.91 Å². The fourth-order valence-corrected chi connectivity index (χ4v) is 3.95. The summed E-state index contributed by atoms with van der Waals surface area (Å²) in [5, 5.41) is 3.14. The number of morpholine rings is 1. The minimum absolute atomic E-state index is 0.0635. The van der Waals surface area contributed by atoms with Crippen molar-refractivity contribution in [2.75, 3.05) is 32.8 Å². The van der Waals surface area contributed by atoms with Crippen LogP contribution in [-0.4, -0.2) is 43.7 Å². The van der Waals surface area contributed by atoms with Gasteiger partial charge < -0.3 is 14.8 Å². The Balaban J connectivity index is 1.37. The summed E-state index contributed by atoms with van der Waals surface area (Å²) in [6, 6.07) is 26.0. The molecule has 1 aliphatic rings. The van der Waals surface area contributed by atoms with E-state index in [1.165, 1.54) is 11.1 Å². The molecular weight excluding hydrogens is 400 g/mol. The van der Waals surface area contributed by atoms with Crippen molar-refractivity contribution in [3.8, 4) is 5.75 Å². The van der Waals surface area contributed by atoms with E-state index in [-0.39, 0.29) is 11.9 Å². The Morgan fingerprint density at radius 3 is 2.47 bits per heavy atom. The normalized spacial score (nSPS) is 15.2. The summed E-state index contributed by atoms with van der Waals surface area (Å²) in [5.41, 5.74) is 4.12. The van der Waals surface area contributed by atoms with E-state index in [0.29, 0.717) is 18.7 Å². The summed E-state index contributed by atoms with van der Waals surface area (Å²) in [6.07, 6.45) is 0. The first-order valence-corrected chi connectivity index (χ1v) is 11.1. The summed E-state index contributed by atoms with van der Waals surface area (Å²) < 4.78 is 11.3. The number of hydrogen-bond donors (Lipinski definition) is 1. The SMILES string of the molecule is Cc1cccc(C(CNC(=O)c2ccc(COc3ccccc3)cc2)N2CCOCC2)c1. The summed E-state index contributed by atoms with van der Waals surface area (Å²) >= 11 is 0. The Morgan fingerprint density at radius 1 is 1.00 bits per heavy atom. The molecule has 0 saturated carbocycles. The minimum Gasteiger partial charge on any atom is -0.489 e. The second-order valence-electron chi connectivity index (χ2n) is 8.09. The van der Waals surface area contributed by atoms with Gasteiger partial charge in [0.25, 0.3) is 5.91 Å². The highest BCUT2D eigenvalue weighted by Gasteiger charge is 2.23. The van der Waals surface area contributed by atoms with Gasteiger partial charge in [-0.2, -0.15) is 0 Å². The smallest absolute Gasteiger partial charge is 0.251 e. The molecule has 1 saturated heterocycles.